The molecule has 0 amide bonds. The summed E-state index contributed by atoms with van der Waals surface area (Å²) in [6.07, 6.45) is 2.55. The Morgan fingerprint density at radius 2 is 1.94 bits per heavy atom. The number of hydrogen-bond donors (Lipinski definition) is 0. The Labute approximate surface area is 108 Å². The molecule has 0 aromatic rings. The van der Waals surface area contributed by atoms with Gasteiger partial charge in [0, 0.05) is 18.5 Å². The van der Waals surface area contributed by atoms with Crippen LogP contribution in [0.4, 0.5) is 0 Å². The number of carbonyl (C=O) groups is 1. The Morgan fingerprint density at radius 3 is 2.50 bits per heavy atom. The zero-order chi connectivity index (χ0) is 13.0. The third-order valence-corrected chi connectivity index (χ3v) is 6.74. The highest BCUT2D eigenvalue weighted by Crippen LogP contribution is 2.40. The highest BCUT2D eigenvalue weighted by atomic mass is 32.2. The first-order valence-corrected chi connectivity index (χ1v) is 8.30. The first-order valence-electron chi connectivity index (χ1n) is 6.69. The summed E-state index contributed by atoms with van der Waals surface area (Å²) in [4.78, 5) is 14.6. The molecule has 4 aliphatic rings. The molecule has 4 aliphatic heterocycles. The third kappa shape index (κ3) is 1.82. The van der Waals surface area contributed by atoms with Gasteiger partial charge in [0.1, 0.15) is 0 Å². The van der Waals surface area contributed by atoms with Crippen LogP contribution in [0, 0.1) is 5.41 Å². The lowest BCUT2D eigenvalue weighted by Gasteiger charge is -2.50. The van der Waals surface area contributed by atoms with Gasteiger partial charge in [0.05, 0.1) is 11.8 Å². The van der Waals surface area contributed by atoms with Gasteiger partial charge in [-0.25, -0.2) is 8.42 Å². The predicted octanol–water partition coefficient (Wildman–Crippen LogP) is 0.0753. The van der Waals surface area contributed by atoms with Gasteiger partial charge in [0.25, 0.3) is 0 Å². The van der Waals surface area contributed by atoms with Gasteiger partial charge in [-0.15, -0.1) is 0 Å². The molecule has 0 N–H and O–H groups in total. The second kappa shape index (κ2) is 4.02. The summed E-state index contributed by atoms with van der Waals surface area (Å²) < 4.78 is 25.2. The van der Waals surface area contributed by atoms with Crippen LogP contribution in [0.3, 0.4) is 0 Å². The zero-order valence-corrected chi connectivity index (χ0v) is 11.6. The van der Waals surface area contributed by atoms with Gasteiger partial charge in [-0.05, 0) is 32.4 Å². The molecule has 1 unspecified atom stereocenters. The maximum Gasteiger partial charge on any atom is 0.214 e. The fraction of sp³-hybridized carbons (Fsp3) is 0.917. The summed E-state index contributed by atoms with van der Waals surface area (Å²) in [5, 5.41) is 0. The lowest BCUT2D eigenvalue weighted by atomic mass is 9.69. The first kappa shape index (κ1) is 12.6. The molecular weight excluding hydrogens is 252 g/mol. The molecule has 2 bridgehead atoms. The van der Waals surface area contributed by atoms with E-state index in [1.165, 1.54) is 4.31 Å². The Balaban J connectivity index is 1.79. The van der Waals surface area contributed by atoms with Crippen LogP contribution in [0.25, 0.3) is 0 Å². The lowest BCUT2D eigenvalue weighted by Crippen LogP contribution is -2.63. The molecule has 4 heterocycles. The number of sulfonamides is 1. The summed E-state index contributed by atoms with van der Waals surface area (Å²) in [6, 6.07) is -0.203. The minimum atomic E-state index is -3.09. The minimum absolute atomic E-state index is 0.203. The number of hydrogen-bond acceptors (Lipinski definition) is 4. The maximum absolute atomic E-state index is 12.4. The van der Waals surface area contributed by atoms with E-state index >= 15 is 0 Å². The van der Waals surface area contributed by atoms with Crippen LogP contribution >= 0.6 is 0 Å². The lowest BCUT2D eigenvalue weighted by molar-refractivity contribution is -0.146. The van der Waals surface area contributed by atoms with Crippen molar-refractivity contribution in [3.63, 3.8) is 0 Å². The highest BCUT2D eigenvalue weighted by Gasteiger charge is 2.50. The van der Waals surface area contributed by atoms with E-state index in [1.807, 2.05) is 6.92 Å². The van der Waals surface area contributed by atoms with E-state index in [9.17, 15) is 13.2 Å². The van der Waals surface area contributed by atoms with E-state index in [1.54, 1.807) is 0 Å². The van der Waals surface area contributed by atoms with Crippen LogP contribution in [0.2, 0.25) is 0 Å². The van der Waals surface area contributed by atoms with Crippen molar-refractivity contribution in [3.05, 3.63) is 0 Å². The number of ketones is 1. The van der Waals surface area contributed by atoms with Crippen LogP contribution in [-0.4, -0.2) is 61.4 Å². The van der Waals surface area contributed by atoms with Gasteiger partial charge in [0.15, 0.2) is 5.78 Å². The molecule has 4 saturated heterocycles. The largest absolute Gasteiger partial charge is 0.297 e. The molecular formula is C12H20N2O3S. The Kier molecular flexibility index (Phi) is 2.80. The van der Waals surface area contributed by atoms with Gasteiger partial charge in [-0.3, -0.25) is 9.69 Å². The van der Waals surface area contributed by atoms with Crippen molar-refractivity contribution in [1.82, 2.24) is 9.21 Å². The normalized spacial score (nSPS) is 43.5. The number of rotatable bonds is 2. The summed E-state index contributed by atoms with van der Waals surface area (Å²) >= 11 is 0. The second-order valence-electron chi connectivity index (χ2n) is 6.00. The van der Waals surface area contributed by atoms with Crippen LogP contribution in [-0.2, 0) is 14.8 Å². The number of fused-ring (bicyclic) bond motifs is 3. The summed E-state index contributed by atoms with van der Waals surface area (Å²) in [5.74, 6) is 0.493. The quantitative estimate of drug-likeness (QED) is 0.714. The van der Waals surface area contributed by atoms with E-state index in [2.05, 4.69) is 4.90 Å². The van der Waals surface area contributed by atoms with Crippen molar-refractivity contribution in [2.24, 2.45) is 5.41 Å². The highest BCUT2D eigenvalue weighted by molar-refractivity contribution is 7.89. The van der Waals surface area contributed by atoms with Crippen LogP contribution < -0.4 is 0 Å². The van der Waals surface area contributed by atoms with E-state index < -0.39 is 10.0 Å². The van der Waals surface area contributed by atoms with Crippen molar-refractivity contribution in [3.8, 4) is 0 Å². The number of nitrogens with zero attached hydrogens (tertiary/aromatic N) is 2. The molecule has 0 spiro atoms. The molecule has 0 saturated carbocycles. The van der Waals surface area contributed by atoms with Gasteiger partial charge < -0.3 is 0 Å². The van der Waals surface area contributed by atoms with Crippen LogP contribution in [0.15, 0.2) is 0 Å². The Morgan fingerprint density at radius 1 is 1.28 bits per heavy atom. The summed E-state index contributed by atoms with van der Waals surface area (Å²) in [6.45, 7) is 4.85. The third-order valence-electron chi connectivity index (χ3n) is 4.82. The van der Waals surface area contributed by atoms with Crippen molar-refractivity contribution >= 4 is 15.8 Å². The minimum Gasteiger partial charge on any atom is -0.297 e. The maximum atomic E-state index is 12.4. The zero-order valence-electron chi connectivity index (χ0n) is 10.8. The first-order chi connectivity index (χ1) is 8.42. The van der Waals surface area contributed by atoms with E-state index in [0.29, 0.717) is 19.5 Å². The molecule has 5 nitrogen and oxygen atoms in total. The molecule has 0 aliphatic carbocycles. The molecule has 0 radical (unpaired) electrons. The number of piperidine rings is 3. The number of carbonyl (C=O) groups excluding carboxylic acids is 1. The van der Waals surface area contributed by atoms with E-state index in [4.69, 9.17) is 0 Å². The average Bonchev–Trinajstić information content (AvgIpc) is 2.64. The average molecular weight is 272 g/mol. The van der Waals surface area contributed by atoms with Crippen molar-refractivity contribution < 1.29 is 13.2 Å². The fourth-order valence-corrected chi connectivity index (χ4v) is 4.96. The summed E-state index contributed by atoms with van der Waals surface area (Å²) in [5.41, 5.74) is -0.205. The Hall–Kier alpha value is -0.460. The smallest absolute Gasteiger partial charge is 0.214 e. The SMILES string of the molecule is CC12CCN(CC1)C(CN1CCCS1(=O)=O)C2=O. The molecule has 6 heteroatoms. The van der Waals surface area contributed by atoms with Gasteiger partial charge in [-0.1, -0.05) is 6.92 Å². The molecule has 102 valence electrons. The second-order valence-corrected chi connectivity index (χ2v) is 8.09. The summed E-state index contributed by atoms with van der Waals surface area (Å²) in [7, 11) is -3.09. The van der Waals surface area contributed by atoms with Crippen LogP contribution in [0.1, 0.15) is 26.2 Å². The fourth-order valence-electron chi connectivity index (χ4n) is 3.43. The van der Waals surface area contributed by atoms with Gasteiger partial charge in [0.2, 0.25) is 10.0 Å². The predicted molar refractivity (Wildman–Crippen MR) is 67.7 cm³/mol. The van der Waals surface area contributed by atoms with Crippen molar-refractivity contribution in [1.29, 1.82) is 0 Å². The molecule has 4 rings (SSSR count). The van der Waals surface area contributed by atoms with Crippen molar-refractivity contribution in [2.45, 2.75) is 32.2 Å². The molecule has 18 heavy (non-hydrogen) atoms. The van der Waals surface area contributed by atoms with Crippen molar-refractivity contribution in [2.75, 3.05) is 31.9 Å². The monoisotopic (exact) mass is 272 g/mol. The van der Waals surface area contributed by atoms with Gasteiger partial charge in [-0.2, -0.15) is 4.31 Å². The molecule has 4 fully saturated rings. The Bertz CT molecular complexity index is 466. The molecule has 0 aromatic carbocycles. The number of Topliss-reactive ketones (excluding diaryl/α,β-unsaturated/α-hetero) is 1. The molecule has 0 aromatic heterocycles. The topological polar surface area (TPSA) is 57.7 Å². The van der Waals surface area contributed by atoms with Gasteiger partial charge >= 0.3 is 0 Å². The standard InChI is InChI=1S/C12H20N2O3S/c1-12-3-6-13(7-4-12)10(11(12)15)9-14-5-2-8-18(14,16)17/h10H,2-9H2,1H3. The van der Waals surface area contributed by atoms with E-state index in [0.717, 1.165) is 25.9 Å². The molecule has 1 atom stereocenters. The van der Waals surface area contributed by atoms with E-state index in [-0.39, 0.29) is 23.0 Å². The van der Waals surface area contributed by atoms with Crippen LogP contribution in [0.5, 0.6) is 0 Å².